The molecular formula is C20H14Cl2N2O4. The molecule has 0 spiro atoms. The quantitative estimate of drug-likeness (QED) is 0.481. The lowest BCUT2D eigenvalue weighted by Crippen LogP contribution is -2.44. The number of pyridine rings is 2. The molecule has 8 heteroatoms. The highest BCUT2D eigenvalue weighted by atomic mass is 35.5. The Morgan fingerprint density at radius 3 is 2.82 bits per heavy atom. The Balaban J connectivity index is 1.80. The molecule has 1 N–H and O–H groups in total. The number of nitrogens with zero attached hydrogens (tertiary/aromatic N) is 2. The summed E-state index contributed by atoms with van der Waals surface area (Å²) in [5, 5.41) is 12.4. The first-order chi connectivity index (χ1) is 13.3. The van der Waals surface area contributed by atoms with Gasteiger partial charge in [-0.25, -0.2) is 9.78 Å². The number of halogens is 2. The Kier molecular flexibility index (Phi) is 3.66. The SMILES string of the molecule is CCC1(O)C(=O)OCc2c1cc1n(c2=O)Cc2cc3c(Cl)c(Cl)ccc3nc2-1. The normalized spacial score (nSPS) is 19.9. The molecule has 2 aliphatic heterocycles. The summed E-state index contributed by atoms with van der Waals surface area (Å²) >= 11 is 12.4. The number of aromatic nitrogens is 2. The smallest absolute Gasteiger partial charge is 0.343 e. The molecule has 0 bridgehead atoms. The zero-order chi connectivity index (χ0) is 19.8. The molecule has 0 saturated carbocycles. The van der Waals surface area contributed by atoms with Crippen LogP contribution in [-0.4, -0.2) is 20.6 Å². The minimum absolute atomic E-state index is 0.105. The molecule has 3 aromatic rings. The maximum atomic E-state index is 13.1. The number of cyclic esters (lactones) is 1. The van der Waals surface area contributed by atoms with Crippen molar-refractivity contribution in [3.05, 3.63) is 61.4 Å². The van der Waals surface area contributed by atoms with Crippen molar-refractivity contribution in [1.29, 1.82) is 0 Å². The summed E-state index contributed by atoms with van der Waals surface area (Å²) < 4.78 is 6.65. The van der Waals surface area contributed by atoms with Crippen molar-refractivity contribution in [2.45, 2.75) is 32.1 Å². The van der Waals surface area contributed by atoms with E-state index in [1.165, 1.54) is 0 Å². The van der Waals surface area contributed by atoms with Crippen LogP contribution in [0.1, 0.15) is 30.0 Å². The van der Waals surface area contributed by atoms with Gasteiger partial charge in [-0.3, -0.25) is 4.79 Å². The van der Waals surface area contributed by atoms with Gasteiger partial charge in [0, 0.05) is 16.5 Å². The van der Waals surface area contributed by atoms with Crippen LogP contribution in [-0.2, 0) is 28.3 Å². The van der Waals surface area contributed by atoms with Gasteiger partial charge in [0.05, 0.1) is 39.1 Å². The molecule has 0 aliphatic carbocycles. The molecule has 142 valence electrons. The Hall–Kier alpha value is -2.41. The zero-order valence-electron chi connectivity index (χ0n) is 14.8. The van der Waals surface area contributed by atoms with E-state index in [4.69, 9.17) is 27.9 Å². The van der Waals surface area contributed by atoms with Gasteiger partial charge in [0.25, 0.3) is 5.56 Å². The van der Waals surface area contributed by atoms with Crippen LogP contribution >= 0.6 is 23.2 Å². The van der Waals surface area contributed by atoms with E-state index in [-0.39, 0.29) is 18.6 Å². The zero-order valence-corrected chi connectivity index (χ0v) is 16.3. The number of carbonyl (C=O) groups is 1. The summed E-state index contributed by atoms with van der Waals surface area (Å²) in [5.74, 6) is -0.738. The fraction of sp³-hybridized carbons (Fsp3) is 0.250. The number of ether oxygens (including phenoxy) is 1. The van der Waals surface area contributed by atoms with Gasteiger partial charge < -0.3 is 14.4 Å². The van der Waals surface area contributed by atoms with Crippen LogP contribution in [0.25, 0.3) is 22.3 Å². The number of esters is 1. The van der Waals surface area contributed by atoms with E-state index in [1.54, 1.807) is 29.7 Å². The highest BCUT2D eigenvalue weighted by Gasteiger charge is 2.45. The van der Waals surface area contributed by atoms with Gasteiger partial charge in [0.1, 0.15) is 6.61 Å². The summed E-state index contributed by atoms with van der Waals surface area (Å²) in [6, 6.07) is 7.00. The van der Waals surface area contributed by atoms with Crippen molar-refractivity contribution in [1.82, 2.24) is 9.55 Å². The Morgan fingerprint density at radius 2 is 2.07 bits per heavy atom. The van der Waals surface area contributed by atoms with E-state index >= 15 is 0 Å². The number of hydrogen-bond donors (Lipinski definition) is 1. The molecular weight excluding hydrogens is 403 g/mol. The minimum atomic E-state index is -1.83. The van der Waals surface area contributed by atoms with Crippen molar-refractivity contribution in [3.8, 4) is 11.4 Å². The molecule has 2 aliphatic rings. The number of hydrogen-bond acceptors (Lipinski definition) is 5. The third kappa shape index (κ3) is 2.16. The second-order valence-corrected chi connectivity index (χ2v) is 7.81. The summed E-state index contributed by atoms with van der Waals surface area (Å²) in [6.07, 6.45) is 0.105. The summed E-state index contributed by atoms with van der Waals surface area (Å²) in [5.41, 5.74) is 1.13. The molecule has 28 heavy (non-hydrogen) atoms. The van der Waals surface area contributed by atoms with Crippen LogP contribution in [0.5, 0.6) is 0 Å². The first-order valence-corrected chi connectivity index (χ1v) is 9.55. The molecule has 0 radical (unpaired) electrons. The first kappa shape index (κ1) is 17.7. The predicted octanol–water partition coefficient (Wildman–Crippen LogP) is 3.39. The van der Waals surface area contributed by atoms with Crippen molar-refractivity contribution >= 4 is 40.1 Å². The molecule has 1 unspecified atom stereocenters. The molecule has 5 rings (SSSR count). The standard InChI is InChI=1S/C20H14Cl2N2O4/c1-2-20(27)12-6-15-17-9(5-10-14(23-17)4-3-13(21)16(10)22)7-24(15)18(25)11(12)8-28-19(20)26/h3-6,27H,2,7-8H2,1H3. The van der Waals surface area contributed by atoms with Crippen molar-refractivity contribution in [3.63, 3.8) is 0 Å². The van der Waals surface area contributed by atoms with E-state index in [1.807, 2.05) is 6.07 Å². The van der Waals surface area contributed by atoms with Gasteiger partial charge in [-0.15, -0.1) is 0 Å². The average Bonchev–Trinajstić information content (AvgIpc) is 3.05. The Bertz CT molecular complexity index is 1270. The van der Waals surface area contributed by atoms with Gasteiger partial charge in [0.15, 0.2) is 5.60 Å². The maximum absolute atomic E-state index is 13.1. The summed E-state index contributed by atoms with van der Waals surface area (Å²) in [7, 11) is 0. The Labute approximate surface area is 169 Å². The van der Waals surface area contributed by atoms with Crippen molar-refractivity contribution < 1.29 is 14.6 Å². The lowest BCUT2D eigenvalue weighted by Gasteiger charge is -2.31. The van der Waals surface area contributed by atoms with E-state index < -0.39 is 11.6 Å². The van der Waals surface area contributed by atoms with Crippen LogP contribution < -0.4 is 5.56 Å². The molecule has 2 aromatic heterocycles. The fourth-order valence-corrected chi connectivity index (χ4v) is 4.37. The maximum Gasteiger partial charge on any atom is 0.343 e. The van der Waals surface area contributed by atoms with E-state index in [0.717, 1.165) is 5.56 Å². The number of rotatable bonds is 1. The monoisotopic (exact) mass is 416 g/mol. The van der Waals surface area contributed by atoms with Crippen LogP contribution in [0.15, 0.2) is 29.1 Å². The van der Waals surface area contributed by atoms with Gasteiger partial charge >= 0.3 is 5.97 Å². The summed E-state index contributed by atoms with van der Waals surface area (Å²) in [6.45, 7) is 1.84. The number of fused-ring (bicyclic) bond motifs is 5. The third-order valence-electron chi connectivity index (χ3n) is 5.58. The van der Waals surface area contributed by atoms with Crippen molar-refractivity contribution in [2.24, 2.45) is 0 Å². The largest absolute Gasteiger partial charge is 0.458 e. The van der Waals surface area contributed by atoms with Gasteiger partial charge in [-0.05, 0) is 30.7 Å². The van der Waals surface area contributed by atoms with Gasteiger partial charge in [-0.2, -0.15) is 0 Å². The Morgan fingerprint density at radius 1 is 1.29 bits per heavy atom. The molecule has 1 aromatic carbocycles. The summed E-state index contributed by atoms with van der Waals surface area (Å²) in [4.78, 5) is 30.0. The lowest BCUT2D eigenvalue weighted by atomic mass is 9.86. The van der Waals surface area contributed by atoms with Crippen LogP contribution in [0, 0.1) is 0 Å². The van der Waals surface area contributed by atoms with Gasteiger partial charge in [-0.1, -0.05) is 30.1 Å². The molecule has 0 amide bonds. The molecule has 6 nitrogen and oxygen atoms in total. The van der Waals surface area contributed by atoms with E-state index in [0.29, 0.717) is 50.0 Å². The van der Waals surface area contributed by atoms with Crippen molar-refractivity contribution in [2.75, 3.05) is 0 Å². The average molecular weight is 417 g/mol. The number of benzene rings is 1. The van der Waals surface area contributed by atoms with Crippen LogP contribution in [0.3, 0.4) is 0 Å². The highest BCUT2D eigenvalue weighted by Crippen LogP contribution is 2.40. The molecule has 0 fully saturated rings. The fourth-order valence-electron chi connectivity index (χ4n) is 3.99. The minimum Gasteiger partial charge on any atom is -0.458 e. The first-order valence-electron chi connectivity index (χ1n) is 8.80. The van der Waals surface area contributed by atoms with Crippen LogP contribution in [0.4, 0.5) is 0 Å². The number of aliphatic hydroxyl groups is 1. The van der Waals surface area contributed by atoms with Gasteiger partial charge in [0.2, 0.25) is 0 Å². The van der Waals surface area contributed by atoms with Crippen LogP contribution in [0.2, 0.25) is 10.0 Å². The second-order valence-electron chi connectivity index (χ2n) is 7.03. The topological polar surface area (TPSA) is 81.4 Å². The molecule has 4 heterocycles. The second kappa shape index (κ2) is 5.80. The van der Waals surface area contributed by atoms with E-state index in [2.05, 4.69) is 4.98 Å². The third-order valence-corrected chi connectivity index (χ3v) is 6.40. The highest BCUT2D eigenvalue weighted by molar-refractivity contribution is 6.45. The molecule has 0 saturated heterocycles. The lowest BCUT2D eigenvalue weighted by molar-refractivity contribution is -0.172. The predicted molar refractivity (Wildman–Crippen MR) is 105 cm³/mol. The number of carbonyl (C=O) groups excluding carboxylic acids is 1. The van der Waals surface area contributed by atoms with E-state index in [9.17, 15) is 14.7 Å². The molecule has 1 atom stereocenters.